The summed E-state index contributed by atoms with van der Waals surface area (Å²) in [5.74, 6) is 0. The maximum atomic E-state index is 10.7. The van der Waals surface area contributed by atoms with E-state index in [0.29, 0.717) is 0 Å². The number of thiol groups is 1. The highest BCUT2D eigenvalue weighted by molar-refractivity contribution is 7.82. The Balaban J connectivity index is 3.19. The highest BCUT2D eigenvalue weighted by Gasteiger charge is 2.19. The minimum Gasteiger partial charge on any atom is -0.350 e. The van der Waals surface area contributed by atoms with E-state index in [4.69, 9.17) is 5.73 Å². The van der Waals surface area contributed by atoms with E-state index in [0.717, 1.165) is 4.31 Å². The molecule has 0 heterocycles. The maximum absolute atomic E-state index is 10.7. The lowest BCUT2D eigenvalue weighted by Crippen LogP contribution is -2.27. The number of hydrogen-bond acceptors (Lipinski definition) is 4. The Bertz CT molecular complexity index is 382. The van der Waals surface area contributed by atoms with Gasteiger partial charge in [0, 0.05) is 6.07 Å². The van der Waals surface area contributed by atoms with Gasteiger partial charge in [-0.25, -0.2) is 9.10 Å². The second-order valence-corrected chi connectivity index (χ2v) is 2.80. The lowest BCUT2D eigenvalue weighted by atomic mass is 10.3. The Hall–Kier alpha value is -1.76. The van der Waals surface area contributed by atoms with Gasteiger partial charge in [0.1, 0.15) is 5.69 Å². The number of para-hydroxylation sites is 2. The molecule has 1 aromatic rings. The van der Waals surface area contributed by atoms with Crippen molar-refractivity contribution in [2.45, 2.75) is 0 Å². The van der Waals surface area contributed by atoms with Crippen LogP contribution in [0.2, 0.25) is 0 Å². The lowest BCUT2D eigenvalue weighted by molar-refractivity contribution is -0.384. The molecule has 2 N–H and O–H groups in total. The number of rotatable bonds is 2. The first-order valence-electron chi connectivity index (χ1n) is 3.56. The highest BCUT2D eigenvalue weighted by Crippen LogP contribution is 2.28. The Morgan fingerprint density at radius 3 is 2.57 bits per heavy atom. The number of nitrogens with zero attached hydrogens (tertiary/aromatic N) is 2. The van der Waals surface area contributed by atoms with Crippen LogP contribution in [0.15, 0.2) is 24.3 Å². The van der Waals surface area contributed by atoms with E-state index < -0.39 is 11.0 Å². The second-order valence-electron chi connectivity index (χ2n) is 2.40. The Morgan fingerprint density at radius 1 is 1.50 bits per heavy atom. The normalized spacial score (nSPS) is 9.50. The SMILES string of the molecule is NC(=O)N(S)c1ccccc1[N+](=O)[O-]. The van der Waals surface area contributed by atoms with Crippen molar-refractivity contribution < 1.29 is 9.72 Å². The van der Waals surface area contributed by atoms with Gasteiger partial charge in [0.15, 0.2) is 0 Å². The molecule has 0 aliphatic rings. The van der Waals surface area contributed by atoms with Crippen LogP contribution >= 0.6 is 12.8 Å². The zero-order valence-electron chi connectivity index (χ0n) is 6.95. The van der Waals surface area contributed by atoms with Crippen molar-refractivity contribution in [3.63, 3.8) is 0 Å². The predicted octanol–water partition coefficient (Wildman–Crippen LogP) is 1.32. The van der Waals surface area contributed by atoms with Crippen molar-refractivity contribution in [2.24, 2.45) is 5.73 Å². The summed E-state index contributed by atoms with van der Waals surface area (Å²) in [6.07, 6.45) is 0. The van der Waals surface area contributed by atoms with Gasteiger partial charge >= 0.3 is 6.03 Å². The molecule has 0 bridgehead atoms. The maximum Gasteiger partial charge on any atom is 0.329 e. The van der Waals surface area contributed by atoms with Gasteiger partial charge in [-0.3, -0.25) is 10.1 Å². The lowest BCUT2D eigenvalue weighted by Gasteiger charge is -2.11. The number of carbonyl (C=O) groups excluding carboxylic acids is 1. The molecule has 0 radical (unpaired) electrons. The van der Waals surface area contributed by atoms with E-state index in [9.17, 15) is 14.9 Å². The smallest absolute Gasteiger partial charge is 0.329 e. The molecule has 0 aliphatic carbocycles. The minimum absolute atomic E-state index is 0.0494. The van der Waals surface area contributed by atoms with Gasteiger partial charge in [0.05, 0.1) is 4.92 Å². The molecule has 0 unspecified atom stereocenters. The number of benzene rings is 1. The first-order valence-corrected chi connectivity index (χ1v) is 3.96. The number of carbonyl (C=O) groups is 1. The van der Waals surface area contributed by atoms with E-state index >= 15 is 0 Å². The molecule has 14 heavy (non-hydrogen) atoms. The Kier molecular flexibility index (Phi) is 2.92. The van der Waals surface area contributed by atoms with Crippen LogP contribution in [-0.4, -0.2) is 11.0 Å². The van der Waals surface area contributed by atoms with Crippen LogP contribution in [0.4, 0.5) is 16.2 Å². The van der Waals surface area contributed by atoms with E-state index in [1.165, 1.54) is 18.2 Å². The highest BCUT2D eigenvalue weighted by atomic mass is 32.1. The Labute approximate surface area is 85.0 Å². The van der Waals surface area contributed by atoms with Crippen LogP contribution in [0.3, 0.4) is 0 Å². The fraction of sp³-hybridized carbons (Fsp3) is 0. The molecule has 0 aliphatic heterocycles. The molecule has 0 atom stereocenters. The summed E-state index contributed by atoms with van der Waals surface area (Å²) < 4.78 is 0.720. The molecule has 1 rings (SSSR count). The molecule has 2 amide bonds. The number of nitro groups is 1. The third-order valence-corrected chi connectivity index (χ3v) is 1.93. The van der Waals surface area contributed by atoms with Gasteiger partial charge in [-0.05, 0) is 6.07 Å². The number of urea groups is 1. The van der Waals surface area contributed by atoms with Gasteiger partial charge in [0.2, 0.25) is 0 Å². The summed E-state index contributed by atoms with van der Waals surface area (Å²) >= 11 is 3.73. The van der Waals surface area contributed by atoms with Gasteiger partial charge in [-0.2, -0.15) is 0 Å². The molecular weight excluding hydrogens is 206 g/mol. The average molecular weight is 213 g/mol. The summed E-state index contributed by atoms with van der Waals surface area (Å²) in [7, 11) is 0. The van der Waals surface area contributed by atoms with Crippen LogP contribution in [0, 0.1) is 10.1 Å². The zero-order chi connectivity index (χ0) is 10.7. The standard InChI is InChI=1S/C7H7N3O3S/c8-7(11)9(14)5-3-1-2-4-6(5)10(12)13/h1-4,14H,(H2,8,11). The number of primary amides is 1. The molecule has 0 saturated heterocycles. The number of amides is 2. The predicted molar refractivity (Wildman–Crippen MR) is 54.1 cm³/mol. The molecule has 7 heteroatoms. The Morgan fingerprint density at radius 2 is 2.07 bits per heavy atom. The van der Waals surface area contributed by atoms with E-state index in [1.54, 1.807) is 6.07 Å². The van der Waals surface area contributed by atoms with Crippen molar-refractivity contribution in [2.75, 3.05) is 4.31 Å². The van der Waals surface area contributed by atoms with Crippen molar-refractivity contribution in [1.82, 2.24) is 0 Å². The minimum atomic E-state index is -0.873. The molecule has 74 valence electrons. The number of nitrogens with two attached hydrogens (primary N) is 1. The largest absolute Gasteiger partial charge is 0.350 e. The number of anilines is 1. The molecule has 0 spiro atoms. The van der Waals surface area contributed by atoms with Crippen LogP contribution in [0.25, 0.3) is 0 Å². The van der Waals surface area contributed by atoms with Crippen LogP contribution in [0.5, 0.6) is 0 Å². The summed E-state index contributed by atoms with van der Waals surface area (Å²) in [6.45, 7) is 0. The van der Waals surface area contributed by atoms with Crippen LogP contribution in [0.1, 0.15) is 0 Å². The molecule has 0 aromatic heterocycles. The third kappa shape index (κ3) is 1.94. The van der Waals surface area contributed by atoms with E-state index in [-0.39, 0.29) is 11.4 Å². The van der Waals surface area contributed by atoms with Crippen LogP contribution in [-0.2, 0) is 0 Å². The summed E-state index contributed by atoms with van der Waals surface area (Å²) in [5.41, 5.74) is 4.75. The number of nitro benzene ring substituents is 1. The van der Waals surface area contributed by atoms with Gasteiger partial charge < -0.3 is 5.73 Å². The van der Waals surface area contributed by atoms with Gasteiger partial charge in [-0.1, -0.05) is 24.9 Å². The fourth-order valence-corrected chi connectivity index (χ4v) is 1.09. The van der Waals surface area contributed by atoms with Crippen molar-refractivity contribution >= 4 is 30.2 Å². The molecule has 0 fully saturated rings. The quantitative estimate of drug-likeness (QED) is 0.441. The first kappa shape index (κ1) is 10.3. The topological polar surface area (TPSA) is 89.5 Å². The van der Waals surface area contributed by atoms with Crippen molar-refractivity contribution in [3.05, 3.63) is 34.4 Å². The molecule has 1 aromatic carbocycles. The summed E-state index contributed by atoms with van der Waals surface area (Å²) in [6, 6.07) is 4.82. The van der Waals surface area contributed by atoms with Crippen molar-refractivity contribution in [1.29, 1.82) is 0 Å². The first-order chi connectivity index (χ1) is 6.54. The van der Waals surface area contributed by atoms with Gasteiger partial charge in [0.25, 0.3) is 5.69 Å². The van der Waals surface area contributed by atoms with Crippen LogP contribution < -0.4 is 10.0 Å². The molecule has 6 nitrogen and oxygen atoms in total. The van der Waals surface area contributed by atoms with Gasteiger partial charge in [-0.15, -0.1) is 0 Å². The summed E-state index contributed by atoms with van der Waals surface area (Å²) in [4.78, 5) is 20.7. The summed E-state index contributed by atoms with van der Waals surface area (Å²) in [5, 5.41) is 10.5. The average Bonchev–Trinajstić information content (AvgIpc) is 2.16. The fourth-order valence-electron chi connectivity index (χ4n) is 0.916. The van der Waals surface area contributed by atoms with E-state index in [2.05, 4.69) is 12.8 Å². The monoisotopic (exact) mass is 213 g/mol. The zero-order valence-corrected chi connectivity index (χ0v) is 7.85. The second kappa shape index (κ2) is 3.97. The molecular formula is C7H7N3O3S. The number of hydrogen-bond donors (Lipinski definition) is 2. The molecule has 0 saturated carbocycles. The third-order valence-electron chi connectivity index (χ3n) is 1.52. The van der Waals surface area contributed by atoms with Crippen molar-refractivity contribution in [3.8, 4) is 0 Å². The van der Waals surface area contributed by atoms with E-state index in [1.807, 2.05) is 0 Å².